The number of ether oxygens (including phenoxy) is 1. The minimum absolute atomic E-state index is 0.0313. The fraction of sp³-hybridized carbons (Fsp3) is 0.389. The molecule has 128 valence electrons. The van der Waals surface area contributed by atoms with Crippen LogP contribution in [0.5, 0.6) is 0 Å². The van der Waals surface area contributed by atoms with Crippen molar-refractivity contribution in [1.82, 2.24) is 10.2 Å². The Hall–Kier alpha value is -2.15. The Morgan fingerprint density at radius 3 is 2.88 bits per heavy atom. The van der Waals surface area contributed by atoms with E-state index >= 15 is 0 Å². The predicted molar refractivity (Wildman–Crippen MR) is 88.1 cm³/mol. The Bertz CT molecular complexity index is 630. The smallest absolute Gasteiger partial charge is 0.242 e. The summed E-state index contributed by atoms with van der Waals surface area (Å²) in [5.74, 6) is 0.692. The van der Waals surface area contributed by atoms with Gasteiger partial charge >= 0.3 is 0 Å². The molecule has 0 saturated carbocycles. The maximum absolute atomic E-state index is 12.3. The molecule has 6 heteroatoms. The van der Waals surface area contributed by atoms with Gasteiger partial charge in [-0.2, -0.15) is 0 Å². The van der Waals surface area contributed by atoms with Gasteiger partial charge in [-0.1, -0.05) is 30.3 Å². The highest BCUT2D eigenvalue weighted by atomic mass is 16.5. The molecule has 1 aromatic carbocycles. The van der Waals surface area contributed by atoms with Gasteiger partial charge in [0, 0.05) is 19.6 Å². The highest BCUT2D eigenvalue weighted by Crippen LogP contribution is 2.23. The van der Waals surface area contributed by atoms with Gasteiger partial charge < -0.3 is 19.6 Å². The number of nitrogens with one attached hydrogen (secondary N) is 1. The van der Waals surface area contributed by atoms with Crippen molar-refractivity contribution in [2.45, 2.75) is 18.8 Å². The van der Waals surface area contributed by atoms with E-state index < -0.39 is 6.10 Å². The highest BCUT2D eigenvalue weighted by Gasteiger charge is 2.32. The fourth-order valence-electron chi connectivity index (χ4n) is 2.92. The maximum atomic E-state index is 12.3. The zero-order valence-corrected chi connectivity index (χ0v) is 13.4. The minimum Gasteiger partial charge on any atom is -0.467 e. The van der Waals surface area contributed by atoms with E-state index in [4.69, 9.17) is 9.15 Å². The summed E-state index contributed by atoms with van der Waals surface area (Å²) in [7, 11) is 0. The van der Waals surface area contributed by atoms with Crippen LogP contribution in [0.25, 0.3) is 0 Å². The number of carbonyl (C=O) groups excluding carboxylic acids is 1. The van der Waals surface area contributed by atoms with Gasteiger partial charge in [-0.25, -0.2) is 0 Å². The topological polar surface area (TPSA) is 74.9 Å². The van der Waals surface area contributed by atoms with Gasteiger partial charge in [-0.05, 0) is 17.7 Å². The van der Waals surface area contributed by atoms with Crippen LogP contribution in [0.15, 0.2) is 53.1 Å². The van der Waals surface area contributed by atoms with E-state index in [1.165, 1.54) is 0 Å². The molecule has 2 atom stereocenters. The second-order valence-electron chi connectivity index (χ2n) is 5.85. The van der Waals surface area contributed by atoms with Crippen LogP contribution in [-0.4, -0.2) is 48.3 Å². The maximum Gasteiger partial charge on any atom is 0.242 e. The molecule has 0 aliphatic carbocycles. The molecule has 24 heavy (non-hydrogen) atoms. The van der Waals surface area contributed by atoms with Crippen molar-refractivity contribution in [2.75, 3.05) is 26.2 Å². The Balaban J connectivity index is 1.56. The van der Waals surface area contributed by atoms with E-state index in [9.17, 15) is 9.90 Å². The molecule has 2 N–H and O–H groups in total. The van der Waals surface area contributed by atoms with E-state index in [0.717, 1.165) is 11.3 Å². The summed E-state index contributed by atoms with van der Waals surface area (Å²) < 4.78 is 10.7. The van der Waals surface area contributed by atoms with Gasteiger partial charge in [-0.15, -0.1) is 0 Å². The van der Waals surface area contributed by atoms with Crippen molar-refractivity contribution in [3.63, 3.8) is 0 Å². The zero-order chi connectivity index (χ0) is 16.8. The van der Waals surface area contributed by atoms with Crippen molar-refractivity contribution in [2.24, 2.45) is 0 Å². The number of piperazine rings is 1. The highest BCUT2D eigenvalue weighted by molar-refractivity contribution is 5.83. The van der Waals surface area contributed by atoms with Gasteiger partial charge in [-0.3, -0.25) is 9.69 Å². The lowest BCUT2D eigenvalue weighted by Gasteiger charge is -2.36. The third-order valence-corrected chi connectivity index (χ3v) is 4.01. The molecule has 1 fully saturated rings. The largest absolute Gasteiger partial charge is 0.467 e. The average Bonchev–Trinajstić information content (AvgIpc) is 3.09. The number of aliphatic hydroxyl groups excluding tert-OH is 1. The number of benzene rings is 1. The number of aliphatic hydroxyl groups is 1. The lowest BCUT2D eigenvalue weighted by Crippen LogP contribution is -2.52. The van der Waals surface area contributed by atoms with Gasteiger partial charge in [0.2, 0.25) is 5.91 Å². The van der Waals surface area contributed by atoms with Gasteiger partial charge in [0.25, 0.3) is 0 Å². The van der Waals surface area contributed by atoms with E-state index in [-0.39, 0.29) is 18.6 Å². The van der Waals surface area contributed by atoms with Gasteiger partial charge in [0.1, 0.15) is 18.4 Å². The minimum atomic E-state index is -0.669. The first kappa shape index (κ1) is 16.7. The molecule has 6 nitrogen and oxygen atoms in total. The van der Waals surface area contributed by atoms with Crippen LogP contribution in [0.1, 0.15) is 17.4 Å². The molecule has 1 aliphatic heterocycles. The first-order valence-electron chi connectivity index (χ1n) is 8.09. The predicted octanol–water partition coefficient (Wildman–Crippen LogP) is 1.33. The second kappa shape index (κ2) is 8.10. The lowest BCUT2D eigenvalue weighted by molar-refractivity contribution is -0.130. The van der Waals surface area contributed by atoms with Crippen molar-refractivity contribution < 1.29 is 19.1 Å². The molecule has 1 saturated heterocycles. The molecular weight excluding hydrogens is 308 g/mol. The third-order valence-electron chi connectivity index (χ3n) is 4.01. The molecule has 0 spiro atoms. The fourth-order valence-corrected chi connectivity index (χ4v) is 2.92. The monoisotopic (exact) mass is 330 g/mol. The van der Waals surface area contributed by atoms with Crippen LogP contribution < -0.4 is 5.32 Å². The second-order valence-corrected chi connectivity index (χ2v) is 5.85. The first-order valence-corrected chi connectivity index (χ1v) is 8.09. The average molecular weight is 330 g/mol. The number of furan rings is 1. The van der Waals surface area contributed by atoms with Crippen molar-refractivity contribution in [3.8, 4) is 0 Å². The summed E-state index contributed by atoms with van der Waals surface area (Å²) >= 11 is 0. The van der Waals surface area contributed by atoms with Crippen LogP contribution in [0, 0.1) is 0 Å². The number of amides is 1. The summed E-state index contributed by atoms with van der Waals surface area (Å²) in [5, 5.41) is 13.1. The number of rotatable bonds is 7. The summed E-state index contributed by atoms with van der Waals surface area (Å²) in [6.07, 6.45) is 0.920. The van der Waals surface area contributed by atoms with Crippen LogP contribution in [0.4, 0.5) is 0 Å². The van der Waals surface area contributed by atoms with Crippen LogP contribution in [-0.2, 0) is 16.1 Å². The molecular formula is C18H22N2O4. The molecule has 0 radical (unpaired) electrons. The molecule has 0 bridgehead atoms. The molecule has 1 amide bonds. The first-order chi connectivity index (χ1) is 11.7. The van der Waals surface area contributed by atoms with E-state index in [2.05, 4.69) is 5.32 Å². The standard InChI is InChI=1S/C18H22N2O4/c21-15(12-23-13-16-7-4-10-24-16)11-20-9-8-19-18(22)17(20)14-5-2-1-3-6-14/h1-7,10,15,17,21H,8-9,11-13H2,(H,19,22). The van der Waals surface area contributed by atoms with Crippen LogP contribution in [0.3, 0.4) is 0 Å². The third kappa shape index (κ3) is 4.23. The zero-order valence-electron chi connectivity index (χ0n) is 13.4. The molecule has 3 rings (SSSR count). The van der Waals surface area contributed by atoms with Gasteiger partial charge in [0.05, 0.1) is 19.0 Å². The number of nitrogens with zero attached hydrogens (tertiary/aromatic N) is 1. The molecule has 2 aromatic rings. The van der Waals surface area contributed by atoms with E-state index in [0.29, 0.717) is 26.2 Å². The van der Waals surface area contributed by atoms with E-state index in [1.807, 2.05) is 41.3 Å². The summed E-state index contributed by atoms with van der Waals surface area (Å²) in [5.41, 5.74) is 0.929. The SMILES string of the molecule is O=C1NCCN(CC(O)COCc2ccco2)C1c1ccccc1. The van der Waals surface area contributed by atoms with Crippen LogP contribution in [0.2, 0.25) is 0 Å². The summed E-state index contributed by atoms with van der Waals surface area (Å²) in [4.78, 5) is 14.3. The normalized spacial score (nSPS) is 19.9. The summed E-state index contributed by atoms with van der Waals surface area (Å²) in [6, 6.07) is 12.9. The van der Waals surface area contributed by atoms with Crippen molar-refractivity contribution >= 4 is 5.91 Å². The Labute approximate surface area is 141 Å². The van der Waals surface area contributed by atoms with Crippen molar-refractivity contribution in [1.29, 1.82) is 0 Å². The van der Waals surface area contributed by atoms with E-state index in [1.54, 1.807) is 12.3 Å². The number of hydrogen-bond donors (Lipinski definition) is 2. The molecule has 1 aliphatic rings. The summed E-state index contributed by atoms with van der Waals surface area (Å²) in [6.45, 7) is 2.18. The Morgan fingerprint density at radius 1 is 1.29 bits per heavy atom. The lowest BCUT2D eigenvalue weighted by atomic mass is 10.0. The van der Waals surface area contributed by atoms with Gasteiger partial charge in [0.15, 0.2) is 0 Å². The molecule has 2 heterocycles. The number of carbonyl (C=O) groups is 1. The number of hydrogen-bond acceptors (Lipinski definition) is 5. The molecule has 2 unspecified atom stereocenters. The number of β-amino-alcohol motifs (C(OH)–C–C–N with tert-alkyl or cyclic N) is 1. The Morgan fingerprint density at radius 2 is 2.12 bits per heavy atom. The quantitative estimate of drug-likeness (QED) is 0.801. The Kier molecular flexibility index (Phi) is 5.63. The molecule has 1 aromatic heterocycles. The van der Waals surface area contributed by atoms with Crippen molar-refractivity contribution in [3.05, 3.63) is 60.1 Å². The van der Waals surface area contributed by atoms with Crippen LogP contribution >= 0.6 is 0 Å².